The van der Waals surface area contributed by atoms with E-state index < -0.39 is 12.2 Å². The van der Waals surface area contributed by atoms with Crippen molar-refractivity contribution in [2.75, 3.05) is 6.61 Å². The molecule has 0 spiro atoms. The van der Waals surface area contributed by atoms with Gasteiger partial charge in [0.1, 0.15) is 6.10 Å². The van der Waals surface area contributed by atoms with Crippen LogP contribution in [0.5, 0.6) is 0 Å². The molecule has 5 heteroatoms. The third-order valence-electron chi connectivity index (χ3n) is 4.78. The van der Waals surface area contributed by atoms with Gasteiger partial charge in [0.2, 0.25) is 0 Å². The fraction of sp³-hybridized carbons (Fsp3) is 0.900. The topological polar surface area (TPSA) is 72.8 Å². The van der Waals surface area contributed by atoms with Crippen LogP contribution in [0.1, 0.15) is 96.8 Å². The molecule has 1 rings (SSSR count). The summed E-state index contributed by atoms with van der Waals surface area (Å²) in [5.74, 6) is -0.589. The molecule has 5 nitrogen and oxygen atoms in total. The SMILES string of the molecule is CCCCCCCCCCCCCC(=O)O[C@@H]1CCC(=O)O[C@H]1CO. The lowest BCUT2D eigenvalue weighted by atomic mass is 10.0. The smallest absolute Gasteiger partial charge is 0.306 e. The van der Waals surface area contributed by atoms with Gasteiger partial charge in [-0.05, 0) is 12.8 Å². The van der Waals surface area contributed by atoms with Crippen molar-refractivity contribution in [3.63, 3.8) is 0 Å². The number of esters is 2. The van der Waals surface area contributed by atoms with Crippen LogP contribution < -0.4 is 0 Å². The average Bonchev–Trinajstić information content (AvgIpc) is 2.61. The van der Waals surface area contributed by atoms with E-state index in [0.29, 0.717) is 12.8 Å². The van der Waals surface area contributed by atoms with Crippen LogP contribution in [-0.4, -0.2) is 35.9 Å². The predicted octanol–water partition coefficient (Wildman–Crippen LogP) is 4.30. The number of carbonyl (C=O) groups is 2. The average molecular weight is 357 g/mol. The lowest BCUT2D eigenvalue weighted by Crippen LogP contribution is -2.42. The van der Waals surface area contributed by atoms with Crippen molar-refractivity contribution < 1.29 is 24.2 Å². The Labute approximate surface area is 152 Å². The highest BCUT2D eigenvalue weighted by atomic mass is 16.6. The minimum Gasteiger partial charge on any atom is -0.458 e. The molecular formula is C20H36O5. The monoisotopic (exact) mass is 356 g/mol. The molecule has 2 atom stereocenters. The Bertz CT molecular complexity index is 369. The van der Waals surface area contributed by atoms with E-state index in [0.717, 1.165) is 12.8 Å². The molecule has 0 bridgehead atoms. The van der Waals surface area contributed by atoms with Crippen LogP contribution >= 0.6 is 0 Å². The van der Waals surface area contributed by atoms with E-state index >= 15 is 0 Å². The lowest BCUT2D eigenvalue weighted by Gasteiger charge is -2.29. The maximum atomic E-state index is 11.9. The van der Waals surface area contributed by atoms with Gasteiger partial charge >= 0.3 is 11.9 Å². The molecule has 1 N–H and O–H groups in total. The first-order chi connectivity index (χ1) is 12.2. The largest absolute Gasteiger partial charge is 0.458 e. The summed E-state index contributed by atoms with van der Waals surface area (Å²) in [5.41, 5.74) is 0. The van der Waals surface area contributed by atoms with Gasteiger partial charge in [-0.25, -0.2) is 0 Å². The molecule has 1 fully saturated rings. The molecule has 1 saturated heterocycles. The Kier molecular flexibility index (Phi) is 12.4. The molecule has 1 aliphatic heterocycles. The van der Waals surface area contributed by atoms with Crippen LogP contribution in [0.15, 0.2) is 0 Å². The van der Waals surface area contributed by atoms with Crippen LogP contribution in [0.25, 0.3) is 0 Å². The summed E-state index contributed by atoms with van der Waals surface area (Å²) in [6.07, 6.45) is 13.6. The van der Waals surface area contributed by atoms with Crippen molar-refractivity contribution in [2.24, 2.45) is 0 Å². The second kappa shape index (κ2) is 14.1. The van der Waals surface area contributed by atoms with Crippen molar-refractivity contribution in [3.8, 4) is 0 Å². The normalized spacial score (nSPS) is 20.3. The van der Waals surface area contributed by atoms with Crippen LogP contribution in [0.2, 0.25) is 0 Å². The fourth-order valence-corrected chi connectivity index (χ4v) is 3.20. The number of hydrogen-bond acceptors (Lipinski definition) is 5. The summed E-state index contributed by atoms with van der Waals surface area (Å²) >= 11 is 0. The molecule has 0 aromatic heterocycles. The number of cyclic esters (lactones) is 1. The van der Waals surface area contributed by atoms with Crippen LogP contribution in [0.3, 0.4) is 0 Å². The second-order valence-corrected chi connectivity index (χ2v) is 7.06. The number of unbranched alkanes of at least 4 members (excludes halogenated alkanes) is 10. The van der Waals surface area contributed by atoms with Gasteiger partial charge in [-0.1, -0.05) is 71.1 Å². The van der Waals surface area contributed by atoms with Gasteiger partial charge in [0.25, 0.3) is 0 Å². The highest BCUT2D eigenvalue weighted by molar-refractivity contribution is 5.72. The minimum absolute atomic E-state index is 0.243. The van der Waals surface area contributed by atoms with Gasteiger partial charge in [-0.15, -0.1) is 0 Å². The number of hydrogen-bond donors (Lipinski definition) is 1. The van der Waals surface area contributed by atoms with Gasteiger partial charge in [0.15, 0.2) is 6.10 Å². The van der Waals surface area contributed by atoms with Gasteiger partial charge in [-0.2, -0.15) is 0 Å². The number of carbonyl (C=O) groups excluding carboxylic acids is 2. The third kappa shape index (κ3) is 10.5. The molecule has 0 aliphatic carbocycles. The maximum Gasteiger partial charge on any atom is 0.306 e. The van der Waals surface area contributed by atoms with E-state index in [1.165, 1.54) is 57.8 Å². The first-order valence-corrected chi connectivity index (χ1v) is 10.2. The molecule has 0 saturated carbocycles. The van der Waals surface area contributed by atoms with Gasteiger partial charge in [-0.3, -0.25) is 9.59 Å². The van der Waals surface area contributed by atoms with Crippen molar-refractivity contribution in [3.05, 3.63) is 0 Å². The van der Waals surface area contributed by atoms with Gasteiger partial charge in [0.05, 0.1) is 6.61 Å². The molecule has 0 unspecified atom stereocenters. The van der Waals surface area contributed by atoms with E-state index in [1.807, 2.05) is 0 Å². The second-order valence-electron chi connectivity index (χ2n) is 7.06. The molecule has 1 heterocycles. The molecule has 0 amide bonds. The van der Waals surface area contributed by atoms with Crippen LogP contribution in [-0.2, 0) is 19.1 Å². The van der Waals surface area contributed by atoms with E-state index in [9.17, 15) is 14.7 Å². The van der Waals surface area contributed by atoms with E-state index in [4.69, 9.17) is 9.47 Å². The van der Waals surface area contributed by atoms with Crippen molar-refractivity contribution in [1.82, 2.24) is 0 Å². The van der Waals surface area contributed by atoms with Crippen molar-refractivity contribution in [1.29, 1.82) is 0 Å². The number of ether oxygens (including phenoxy) is 2. The summed E-state index contributed by atoms with van der Waals surface area (Å²) in [7, 11) is 0. The van der Waals surface area contributed by atoms with E-state index in [2.05, 4.69) is 6.92 Å². The fourth-order valence-electron chi connectivity index (χ4n) is 3.20. The van der Waals surface area contributed by atoms with Gasteiger partial charge < -0.3 is 14.6 Å². The maximum absolute atomic E-state index is 11.9. The Morgan fingerprint density at radius 2 is 1.60 bits per heavy atom. The Morgan fingerprint density at radius 1 is 1.04 bits per heavy atom. The third-order valence-corrected chi connectivity index (χ3v) is 4.78. The van der Waals surface area contributed by atoms with Gasteiger partial charge in [0, 0.05) is 12.8 Å². The highest BCUT2D eigenvalue weighted by Gasteiger charge is 2.32. The molecule has 0 aromatic carbocycles. The van der Waals surface area contributed by atoms with Crippen molar-refractivity contribution >= 4 is 11.9 Å². The zero-order valence-electron chi connectivity index (χ0n) is 15.8. The predicted molar refractivity (Wildman–Crippen MR) is 97.2 cm³/mol. The first-order valence-electron chi connectivity index (χ1n) is 10.2. The van der Waals surface area contributed by atoms with E-state index in [1.54, 1.807) is 0 Å². The van der Waals surface area contributed by atoms with Crippen molar-refractivity contribution in [2.45, 2.75) is 109 Å². The number of rotatable bonds is 14. The zero-order chi connectivity index (χ0) is 18.3. The first kappa shape index (κ1) is 21.9. The number of aliphatic hydroxyl groups is 1. The Balaban J connectivity index is 1.96. The van der Waals surface area contributed by atoms with Crippen LogP contribution in [0, 0.1) is 0 Å². The van der Waals surface area contributed by atoms with E-state index in [-0.39, 0.29) is 25.0 Å². The summed E-state index contributed by atoms with van der Waals surface area (Å²) in [4.78, 5) is 23.0. The number of aliphatic hydroxyl groups excluding tert-OH is 1. The minimum atomic E-state index is -0.706. The Hall–Kier alpha value is -1.10. The molecule has 0 aromatic rings. The standard InChI is InChI=1S/C20H36O5/c1-2-3-4-5-6-7-8-9-10-11-12-13-19(22)24-17-14-15-20(23)25-18(17)16-21/h17-18,21H,2-16H2,1H3/t17-,18+/m1/s1. The lowest BCUT2D eigenvalue weighted by molar-refractivity contribution is -0.180. The summed E-state index contributed by atoms with van der Waals surface area (Å²) in [5, 5.41) is 9.20. The summed E-state index contributed by atoms with van der Waals surface area (Å²) < 4.78 is 10.4. The summed E-state index contributed by atoms with van der Waals surface area (Å²) in [6, 6.07) is 0. The summed E-state index contributed by atoms with van der Waals surface area (Å²) in [6.45, 7) is 1.94. The van der Waals surface area contributed by atoms with Crippen LogP contribution in [0.4, 0.5) is 0 Å². The quantitative estimate of drug-likeness (QED) is 0.371. The molecule has 25 heavy (non-hydrogen) atoms. The molecule has 1 aliphatic rings. The molecule has 0 radical (unpaired) electrons. The molecule has 146 valence electrons. The highest BCUT2D eigenvalue weighted by Crippen LogP contribution is 2.19. The Morgan fingerprint density at radius 3 is 2.16 bits per heavy atom. The molecular weight excluding hydrogens is 320 g/mol. The zero-order valence-corrected chi connectivity index (χ0v) is 15.8.